The van der Waals surface area contributed by atoms with Crippen LogP contribution in [0.25, 0.3) is 0 Å². The summed E-state index contributed by atoms with van der Waals surface area (Å²) in [6, 6.07) is 0.625. The Morgan fingerprint density at radius 1 is 1.32 bits per heavy atom. The van der Waals surface area contributed by atoms with Crippen LogP contribution in [0.4, 0.5) is 0 Å². The van der Waals surface area contributed by atoms with E-state index in [1.54, 1.807) is 0 Å². The number of hydrogen-bond donors (Lipinski definition) is 1. The largest absolute Gasteiger partial charge is 0.481 e. The SMILES string of the molecule is CCC1CCCC(N(CC)C2COCC2C(=O)O)C1. The molecule has 0 aromatic heterocycles. The molecule has 0 spiro atoms. The molecule has 4 nitrogen and oxygen atoms in total. The average molecular weight is 269 g/mol. The molecule has 1 saturated carbocycles. The average Bonchev–Trinajstić information content (AvgIpc) is 2.89. The summed E-state index contributed by atoms with van der Waals surface area (Å²) < 4.78 is 5.44. The van der Waals surface area contributed by atoms with Crippen molar-refractivity contribution in [3.8, 4) is 0 Å². The van der Waals surface area contributed by atoms with Gasteiger partial charge in [-0.15, -0.1) is 0 Å². The molecular formula is C15H27NO3. The Balaban J connectivity index is 2.04. The Morgan fingerprint density at radius 2 is 2.11 bits per heavy atom. The molecule has 0 amide bonds. The molecule has 0 radical (unpaired) electrons. The molecule has 4 heteroatoms. The summed E-state index contributed by atoms with van der Waals surface area (Å²) in [5.74, 6) is -0.232. The van der Waals surface area contributed by atoms with Crippen LogP contribution in [0, 0.1) is 11.8 Å². The first-order valence-electron chi connectivity index (χ1n) is 7.73. The third kappa shape index (κ3) is 3.29. The standard InChI is InChI=1S/C15H27NO3/c1-3-11-6-5-7-12(8-11)16(4-2)14-10-19-9-13(14)15(17)18/h11-14H,3-10H2,1-2H3,(H,17,18). The summed E-state index contributed by atoms with van der Waals surface area (Å²) in [7, 11) is 0. The number of rotatable bonds is 5. The molecule has 4 unspecified atom stereocenters. The van der Waals surface area contributed by atoms with E-state index < -0.39 is 5.97 Å². The lowest BCUT2D eigenvalue weighted by Crippen LogP contribution is -2.50. The van der Waals surface area contributed by atoms with Gasteiger partial charge in [0.25, 0.3) is 0 Å². The molecule has 2 rings (SSSR count). The van der Waals surface area contributed by atoms with Gasteiger partial charge < -0.3 is 9.84 Å². The highest BCUT2D eigenvalue weighted by Gasteiger charge is 2.40. The van der Waals surface area contributed by atoms with Crippen molar-refractivity contribution in [1.82, 2.24) is 4.90 Å². The first-order valence-corrected chi connectivity index (χ1v) is 7.73. The predicted molar refractivity (Wildman–Crippen MR) is 74.1 cm³/mol. The van der Waals surface area contributed by atoms with E-state index >= 15 is 0 Å². The maximum atomic E-state index is 11.3. The maximum Gasteiger partial charge on any atom is 0.310 e. The van der Waals surface area contributed by atoms with E-state index in [4.69, 9.17) is 4.74 Å². The number of carbonyl (C=O) groups is 1. The van der Waals surface area contributed by atoms with Crippen LogP contribution in [0.15, 0.2) is 0 Å². The van der Waals surface area contributed by atoms with Crippen molar-refractivity contribution in [2.75, 3.05) is 19.8 Å². The van der Waals surface area contributed by atoms with Gasteiger partial charge in [-0.05, 0) is 25.3 Å². The number of ether oxygens (including phenoxy) is 1. The summed E-state index contributed by atoms with van der Waals surface area (Å²) in [6.45, 7) is 6.30. The lowest BCUT2D eigenvalue weighted by molar-refractivity contribution is -0.143. The highest BCUT2D eigenvalue weighted by molar-refractivity contribution is 5.71. The van der Waals surface area contributed by atoms with Crippen molar-refractivity contribution >= 4 is 5.97 Å². The highest BCUT2D eigenvalue weighted by Crippen LogP contribution is 2.33. The summed E-state index contributed by atoms with van der Waals surface area (Å²) in [6.07, 6.45) is 6.32. The molecule has 0 aromatic rings. The molecule has 0 bridgehead atoms. The van der Waals surface area contributed by atoms with E-state index in [1.165, 1.54) is 32.1 Å². The summed E-state index contributed by atoms with van der Waals surface area (Å²) >= 11 is 0. The van der Waals surface area contributed by atoms with Crippen LogP contribution < -0.4 is 0 Å². The smallest absolute Gasteiger partial charge is 0.310 e. The number of hydrogen-bond acceptors (Lipinski definition) is 3. The van der Waals surface area contributed by atoms with Gasteiger partial charge in [-0.1, -0.05) is 33.1 Å². The summed E-state index contributed by atoms with van der Waals surface area (Å²) in [4.78, 5) is 13.7. The molecule has 4 atom stereocenters. The van der Waals surface area contributed by atoms with Crippen molar-refractivity contribution in [3.05, 3.63) is 0 Å². The number of carboxylic acid groups (broad SMARTS) is 1. The molecule has 2 fully saturated rings. The molecule has 1 heterocycles. The number of aliphatic carboxylic acids is 1. The lowest BCUT2D eigenvalue weighted by Gasteiger charge is -2.40. The van der Waals surface area contributed by atoms with Gasteiger partial charge >= 0.3 is 5.97 Å². The first-order chi connectivity index (χ1) is 9.17. The van der Waals surface area contributed by atoms with Gasteiger partial charge in [0.05, 0.1) is 19.1 Å². The predicted octanol–water partition coefficient (Wildman–Crippen LogP) is 2.38. The molecule has 1 aliphatic carbocycles. The van der Waals surface area contributed by atoms with Crippen molar-refractivity contribution in [1.29, 1.82) is 0 Å². The van der Waals surface area contributed by atoms with Gasteiger partial charge in [0.2, 0.25) is 0 Å². The molecule has 1 aliphatic heterocycles. The third-order valence-electron chi connectivity index (χ3n) is 4.96. The van der Waals surface area contributed by atoms with E-state index in [0.29, 0.717) is 19.3 Å². The van der Waals surface area contributed by atoms with E-state index in [2.05, 4.69) is 18.7 Å². The Kier molecular flexibility index (Phi) is 5.22. The van der Waals surface area contributed by atoms with Gasteiger partial charge in [-0.25, -0.2) is 0 Å². The second-order valence-corrected chi connectivity index (χ2v) is 5.97. The second kappa shape index (κ2) is 6.71. The van der Waals surface area contributed by atoms with E-state index in [9.17, 15) is 9.90 Å². The Labute approximate surface area is 116 Å². The molecule has 19 heavy (non-hydrogen) atoms. The van der Waals surface area contributed by atoms with Gasteiger partial charge in [0.15, 0.2) is 0 Å². The van der Waals surface area contributed by atoms with Crippen LogP contribution in [0.3, 0.4) is 0 Å². The van der Waals surface area contributed by atoms with Crippen LogP contribution in [0.5, 0.6) is 0 Å². The molecule has 2 aliphatic rings. The zero-order chi connectivity index (χ0) is 13.8. The minimum Gasteiger partial charge on any atom is -0.481 e. The monoisotopic (exact) mass is 269 g/mol. The van der Waals surface area contributed by atoms with Gasteiger partial charge in [0, 0.05) is 12.1 Å². The lowest BCUT2D eigenvalue weighted by atomic mass is 9.82. The zero-order valence-corrected chi connectivity index (χ0v) is 12.2. The highest BCUT2D eigenvalue weighted by atomic mass is 16.5. The van der Waals surface area contributed by atoms with Crippen molar-refractivity contribution in [2.45, 2.75) is 58.0 Å². The summed E-state index contributed by atoms with van der Waals surface area (Å²) in [5.41, 5.74) is 0. The normalized spacial score (nSPS) is 35.7. The quantitative estimate of drug-likeness (QED) is 0.832. The van der Waals surface area contributed by atoms with Crippen molar-refractivity contribution in [3.63, 3.8) is 0 Å². The van der Waals surface area contributed by atoms with Crippen LogP contribution in [0.1, 0.15) is 46.0 Å². The van der Waals surface area contributed by atoms with Crippen LogP contribution in [-0.2, 0) is 9.53 Å². The third-order valence-corrected chi connectivity index (χ3v) is 4.96. The fraction of sp³-hybridized carbons (Fsp3) is 0.933. The van der Waals surface area contributed by atoms with Gasteiger partial charge in [-0.3, -0.25) is 9.69 Å². The molecule has 0 aromatic carbocycles. The second-order valence-electron chi connectivity index (χ2n) is 5.97. The fourth-order valence-corrected chi connectivity index (χ4v) is 3.80. The topological polar surface area (TPSA) is 49.8 Å². The summed E-state index contributed by atoms with van der Waals surface area (Å²) in [5, 5.41) is 9.32. The Hall–Kier alpha value is -0.610. The van der Waals surface area contributed by atoms with Crippen LogP contribution in [0.2, 0.25) is 0 Å². The fourth-order valence-electron chi connectivity index (χ4n) is 3.80. The molecular weight excluding hydrogens is 242 g/mol. The van der Waals surface area contributed by atoms with E-state index in [1.807, 2.05) is 0 Å². The van der Waals surface area contributed by atoms with Crippen LogP contribution in [-0.4, -0.2) is 47.8 Å². The van der Waals surface area contributed by atoms with Gasteiger partial charge in [0.1, 0.15) is 0 Å². The van der Waals surface area contributed by atoms with E-state index in [0.717, 1.165) is 12.5 Å². The van der Waals surface area contributed by atoms with Crippen molar-refractivity contribution < 1.29 is 14.6 Å². The van der Waals surface area contributed by atoms with E-state index in [-0.39, 0.29) is 12.0 Å². The van der Waals surface area contributed by atoms with Crippen molar-refractivity contribution in [2.24, 2.45) is 11.8 Å². The minimum atomic E-state index is -0.705. The Bertz CT molecular complexity index is 308. The molecule has 110 valence electrons. The number of carboxylic acids is 1. The maximum absolute atomic E-state index is 11.3. The Morgan fingerprint density at radius 3 is 2.74 bits per heavy atom. The zero-order valence-electron chi connectivity index (χ0n) is 12.2. The molecule has 1 saturated heterocycles. The number of likely N-dealkylation sites (N-methyl/N-ethyl adjacent to an activating group) is 1. The van der Waals surface area contributed by atoms with Crippen LogP contribution >= 0.6 is 0 Å². The van der Waals surface area contributed by atoms with Gasteiger partial charge in [-0.2, -0.15) is 0 Å². The minimum absolute atomic E-state index is 0.0723. The molecule has 1 N–H and O–H groups in total. The first kappa shape index (κ1) is 14.8. The number of nitrogens with zero attached hydrogens (tertiary/aromatic N) is 1.